The van der Waals surface area contributed by atoms with E-state index in [-0.39, 0.29) is 5.91 Å². The zero-order valence-corrected chi connectivity index (χ0v) is 21.0. The maximum Gasteiger partial charge on any atom is 0.271 e. The fraction of sp³-hybridized carbons (Fsp3) is 0.0476. The van der Waals surface area contributed by atoms with Crippen LogP contribution in [-0.2, 0) is 6.61 Å². The van der Waals surface area contributed by atoms with E-state index in [1.807, 2.05) is 60.7 Å². The molecule has 0 heterocycles. The zero-order chi connectivity index (χ0) is 19.9. The van der Waals surface area contributed by atoms with Crippen LogP contribution in [0, 0.1) is 10.7 Å². The average molecular weight is 708 g/mol. The molecule has 0 saturated carbocycles. The molecule has 1 N–H and O–H groups in total. The minimum Gasteiger partial charge on any atom is -0.487 e. The third kappa shape index (κ3) is 6.14. The number of ether oxygens (including phenoxy) is 1. The highest BCUT2D eigenvalue weighted by molar-refractivity contribution is 14.1. The number of nitrogens with one attached hydrogen (secondary N) is 1. The van der Waals surface area contributed by atoms with Crippen molar-refractivity contribution in [1.29, 1.82) is 0 Å². The normalized spacial score (nSPS) is 10.8. The number of hydrazone groups is 1. The quantitative estimate of drug-likeness (QED) is 0.199. The van der Waals surface area contributed by atoms with Crippen LogP contribution in [0.5, 0.6) is 5.75 Å². The van der Waals surface area contributed by atoms with Crippen molar-refractivity contribution in [1.82, 2.24) is 5.43 Å². The number of rotatable bonds is 6. The van der Waals surface area contributed by atoms with Crippen LogP contribution in [0.2, 0.25) is 0 Å². The minimum absolute atomic E-state index is 0.234. The van der Waals surface area contributed by atoms with E-state index in [2.05, 4.69) is 78.3 Å². The van der Waals surface area contributed by atoms with Crippen LogP contribution in [0.25, 0.3) is 0 Å². The standard InChI is InChI=1S/C21H15I3N2O2/c22-17-8-4-7-16(11-17)21(27)26-25-12-15-9-18(23)20(19(24)10-15)28-13-14-5-2-1-3-6-14/h1-12H,13H2,(H,26,27)/b25-12-. The van der Waals surface area contributed by atoms with Gasteiger partial charge in [-0.1, -0.05) is 36.4 Å². The third-order valence-corrected chi connectivity index (χ3v) is 5.99. The monoisotopic (exact) mass is 708 g/mol. The molecule has 28 heavy (non-hydrogen) atoms. The molecule has 0 aliphatic heterocycles. The fourth-order valence-corrected chi connectivity index (χ4v) is 5.05. The second-order valence-electron chi connectivity index (χ2n) is 5.80. The first kappa shape index (κ1) is 21.5. The molecule has 1 amide bonds. The molecule has 3 rings (SSSR count). The Kier molecular flexibility index (Phi) is 8.09. The Bertz CT molecular complexity index is 985. The predicted molar refractivity (Wildman–Crippen MR) is 137 cm³/mol. The molecule has 0 aliphatic rings. The van der Waals surface area contributed by atoms with E-state index in [1.54, 1.807) is 12.3 Å². The highest BCUT2D eigenvalue weighted by Gasteiger charge is 2.09. The van der Waals surface area contributed by atoms with Crippen LogP contribution in [0.15, 0.2) is 71.8 Å². The van der Waals surface area contributed by atoms with Crippen LogP contribution < -0.4 is 10.2 Å². The van der Waals surface area contributed by atoms with Crippen molar-refractivity contribution in [2.75, 3.05) is 0 Å². The summed E-state index contributed by atoms with van der Waals surface area (Å²) in [4.78, 5) is 12.1. The lowest BCUT2D eigenvalue weighted by Gasteiger charge is -2.11. The maximum atomic E-state index is 12.1. The Hall–Kier alpha value is -1.21. The molecule has 0 saturated heterocycles. The Morgan fingerprint density at radius 2 is 1.68 bits per heavy atom. The summed E-state index contributed by atoms with van der Waals surface area (Å²) in [6, 6.07) is 21.4. The van der Waals surface area contributed by atoms with Gasteiger partial charge in [-0.05, 0) is 109 Å². The topological polar surface area (TPSA) is 50.7 Å². The van der Waals surface area contributed by atoms with Crippen molar-refractivity contribution in [3.63, 3.8) is 0 Å². The van der Waals surface area contributed by atoms with Gasteiger partial charge in [-0.25, -0.2) is 5.43 Å². The highest BCUT2D eigenvalue weighted by Crippen LogP contribution is 2.29. The summed E-state index contributed by atoms with van der Waals surface area (Å²) >= 11 is 6.68. The number of amides is 1. The van der Waals surface area contributed by atoms with E-state index in [0.29, 0.717) is 12.2 Å². The highest BCUT2D eigenvalue weighted by atomic mass is 127. The van der Waals surface area contributed by atoms with Gasteiger partial charge < -0.3 is 4.74 Å². The molecule has 3 aromatic rings. The lowest BCUT2D eigenvalue weighted by atomic mass is 10.2. The second kappa shape index (κ2) is 10.5. The number of carbonyl (C=O) groups is 1. The summed E-state index contributed by atoms with van der Waals surface area (Å²) in [5.41, 5.74) is 5.16. The van der Waals surface area contributed by atoms with Gasteiger partial charge in [0.15, 0.2) is 0 Å². The number of nitrogens with zero attached hydrogens (tertiary/aromatic N) is 1. The van der Waals surface area contributed by atoms with Gasteiger partial charge in [-0.15, -0.1) is 0 Å². The van der Waals surface area contributed by atoms with Gasteiger partial charge >= 0.3 is 0 Å². The van der Waals surface area contributed by atoms with Gasteiger partial charge in [-0.2, -0.15) is 5.10 Å². The van der Waals surface area contributed by atoms with Crippen molar-refractivity contribution in [2.24, 2.45) is 5.10 Å². The summed E-state index contributed by atoms with van der Waals surface area (Å²) in [6.45, 7) is 0.520. The number of carbonyl (C=O) groups excluding carboxylic acids is 1. The lowest BCUT2D eigenvalue weighted by Crippen LogP contribution is -2.17. The molecule has 0 unspecified atom stereocenters. The van der Waals surface area contributed by atoms with Crippen LogP contribution in [0.1, 0.15) is 21.5 Å². The summed E-state index contributed by atoms with van der Waals surface area (Å²) < 4.78 is 8.98. The maximum absolute atomic E-state index is 12.1. The number of hydrogen-bond donors (Lipinski definition) is 1. The van der Waals surface area contributed by atoms with Crippen molar-refractivity contribution < 1.29 is 9.53 Å². The Morgan fingerprint density at radius 1 is 0.964 bits per heavy atom. The summed E-state index contributed by atoms with van der Waals surface area (Å²) in [5.74, 6) is 0.618. The summed E-state index contributed by atoms with van der Waals surface area (Å²) in [6.07, 6.45) is 1.64. The SMILES string of the molecule is O=C(N/N=C\c1cc(I)c(OCc2ccccc2)c(I)c1)c1cccc(I)c1. The van der Waals surface area contributed by atoms with Crippen molar-refractivity contribution in [2.45, 2.75) is 6.61 Å². The van der Waals surface area contributed by atoms with E-state index >= 15 is 0 Å². The number of hydrogen-bond acceptors (Lipinski definition) is 3. The van der Waals surface area contributed by atoms with Gasteiger partial charge in [0.05, 0.1) is 13.4 Å². The molecular formula is C21H15I3N2O2. The molecule has 3 aromatic carbocycles. The molecule has 0 atom stereocenters. The van der Waals surface area contributed by atoms with Gasteiger partial charge in [-0.3, -0.25) is 4.79 Å². The lowest BCUT2D eigenvalue weighted by molar-refractivity contribution is 0.0955. The first-order valence-electron chi connectivity index (χ1n) is 8.27. The molecule has 0 bridgehead atoms. The number of benzene rings is 3. The van der Waals surface area contributed by atoms with E-state index < -0.39 is 0 Å². The second-order valence-corrected chi connectivity index (χ2v) is 9.37. The molecule has 0 aromatic heterocycles. The Morgan fingerprint density at radius 3 is 2.36 bits per heavy atom. The van der Waals surface area contributed by atoms with Crippen LogP contribution in [0.4, 0.5) is 0 Å². The van der Waals surface area contributed by atoms with Crippen LogP contribution >= 0.6 is 67.8 Å². The first-order chi connectivity index (χ1) is 13.5. The Balaban J connectivity index is 1.65. The van der Waals surface area contributed by atoms with Crippen molar-refractivity contribution in [3.05, 3.63) is 94.1 Å². The van der Waals surface area contributed by atoms with E-state index in [1.165, 1.54) is 0 Å². The van der Waals surface area contributed by atoms with Gasteiger partial charge in [0.1, 0.15) is 12.4 Å². The molecule has 0 radical (unpaired) electrons. The molecule has 0 spiro atoms. The summed E-state index contributed by atoms with van der Waals surface area (Å²) in [5, 5.41) is 4.08. The largest absolute Gasteiger partial charge is 0.487 e. The van der Waals surface area contributed by atoms with Gasteiger partial charge in [0, 0.05) is 9.13 Å². The summed E-state index contributed by atoms with van der Waals surface area (Å²) in [7, 11) is 0. The van der Waals surface area contributed by atoms with E-state index in [4.69, 9.17) is 4.74 Å². The third-order valence-electron chi connectivity index (χ3n) is 3.71. The molecule has 0 fully saturated rings. The Labute approximate surface area is 204 Å². The zero-order valence-electron chi connectivity index (χ0n) is 14.5. The number of halogens is 3. The predicted octanol–water partition coefficient (Wildman–Crippen LogP) is 5.84. The van der Waals surface area contributed by atoms with E-state index in [9.17, 15) is 4.79 Å². The van der Waals surface area contributed by atoms with Crippen LogP contribution in [0.3, 0.4) is 0 Å². The minimum atomic E-state index is -0.234. The average Bonchev–Trinajstić information content (AvgIpc) is 2.68. The van der Waals surface area contributed by atoms with Crippen molar-refractivity contribution in [3.8, 4) is 5.75 Å². The molecule has 7 heteroatoms. The van der Waals surface area contributed by atoms with Crippen molar-refractivity contribution >= 4 is 79.9 Å². The molecular weight excluding hydrogens is 693 g/mol. The van der Waals surface area contributed by atoms with E-state index in [0.717, 1.165) is 27.6 Å². The first-order valence-corrected chi connectivity index (χ1v) is 11.5. The van der Waals surface area contributed by atoms with Gasteiger partial charge in [0.2, 0.25) is 0 Å². The van der Waals surface area contributed by atoms with Gasteiger partial charge in [0.25, 0.3) is 5.91 Å². The molecule has 4 nitrogen and oxygen atoms in total. The smallest absolute Gasteiger partial charge is 0.271 e. The fourth-order valence-electron chi connectivity index (χ4n) is 2.38. The molecule has 0 aliphatic carbocycles. The molecule has 142 valence electrons. The van der Waals surface area contributed by atoms with Crippen LogP contribution in [-0.4, -0.2) is 12.1 Å².